The van der Waals surface area contributed by atoms with Crippen molar-refractivity contribution in [1.29, 1.82) is 0 Å². The van der Waals surface area contributed by atoms with Crippen molar-refractivity contribution in [2.45, 2.75) is 20.4 Å². The maximum Gasteiger partial charge on any atom is 0.123 e. The highest BCUT2D eigenvalue weighted by atomic mass is 19.1. The third-order valence-electron chi connectivity index (χ3n) is 3.69. The van der Waals surface area contributed by atoms with E-state index in [1.807, 2.05) is 13.3 Å². The van der Waals surface area contributed by atoms with Crippen molar-refractivity contribution in [3.8, 4) is 0 Å². The molecule has 106 valence electrons. The Balaban J connectivity index is 2.04. The van der Waals surface area contributed by atoms with Gasteiger partial charge in [0, 0.05) is 6.54 Å². The summed E-state index contributed by atoms with van der Waals surface area (Å²) in [5, 5.41) is 0. The average Bonchev–Trinajstić information content (AvgIpc) is 2.82. The van der Waals surface area contributed by atoms with Gasteiger partial charge in [0.2, 0.25) is 0 Å². The number of halogens is 1. The van der Waals surface area contributed by atoms with Crippen LogP contribution >= 0.6 is 0 Å². The SMILES string of the molecule is C=C(C)c1cc2c(cc1C)ncn2Cc1ccc(F)cc1. The molecule has 0 bridgehead atoms. The number of nitrogens with zero attached hydrogens (tertiary/aromatic N) is 2. The summed E-state index contributed by atoms with van der Waals surface area (Å²) in [4.78, 5) is 4.45. The number of hydrogen-bond donors (Lipinski definition) is 0. The predicted octanol–water partition coefficient (Wildman–Crippen LogP) is 4.57. The fraction of sp³-hybridized carbons (Fsp3) is 0.167. The lowest BCUT2D eigenvalue weighted by Crippen LogP contribution is -1.98. The summed E-state index contributed by atoms with van der Waals surface area (Å²) in [5.74, 6) is -0.213. The second-order valence-electron chi connectivity index (χ2n) is 5.44. The van der Waals surface area contributed by atoms with Gasteiger partial charge in [0.05, 0.1) is 17.4 Å². The molecule has 0 aliphatic rings. The Kier molecular flexibility index (Phi) is 3.34. The van der Waals surface area contributed by atoms with E-state index in [2.05, 4.69) is 35.2 Å². The molecule has 0 amide bonds. The van der Waals surface area contributed by atoms with Crippen LogP contribution in [0, 0.1) is 12.7 Å². The first-order valence-electron chi connectivity index (χ1n) is 6.90. The zero-order chi connectivity index (χ0) is 15.0. The molecule has 0 N–H and O–H groups in total. The van der Waals surface area contributed by atoms with Crippen molar-refractivity contribution < 1.29 is 4.39 Å². The summed E-state index contributed by atoms with van der Waals surface area (Å²) in [5.41, 5.74) is 6.48. The molecule has 3 rings (SSSR count). The summed E-state index contributed by atoms with van der Waals surface area (Å²) in [6.07, 6.45) is 1.83. The highest BCUT2D eigenvalue weighted by molar-refractivity contribution is 5.82. The molecule has 0 aliphatic carbocycles. The highest BCUT2D eigenvalue weighted by Crippen LogP contribution is 2.24. The van der Waals surface area contributed by atoms with Gasteiger partial charge in [-0.3, -0.25) is 0 Å². The van der Waals surface area contributed by atoms with E-state index in [0.717, 1.165) is 27.7 Å². The molecule has 21 heavy (non-hydrogen) atoms. The van der Waals surface area contributed by atoms with Crippen LogP contribution in [0.4, 0.5) is 4.39 Å². The molecule has 0 spiro atoms. The number of aromatic nitrogens is 2. The first kappa shape index (κ1) is 13.6. The third-order valence-corrected chi connectivity index (χ3v) is 3.69. The van der Waals surface area contributed by atoms with E-state index in [1.54, 1.807) is 12.1 Å². The lowest BCUT2D eigenvalue weighted by atomic mass is 10.0. The minimum absolute atomic E-state index is 0.213. The maximum absolute atomic E-state index is 13.0. The Morgan fingerprint density at radius 1 is 1.24 bits per heavy atom. The van der Waals surface area contributed by atoms with Crippen LogP contribution in [0.5, 0.6) is 0 Å². The highest BCUT2D eigenvalue weighted by Gasteiger charge is 2.08. The van der Waals surface area contributed by atoms with Gasteiger partial charge in [-0.2, -0.15) is 0 Å². The van der Waals surface area contributed by atoms with E-state index >= 15 is 0 Å². The molecule has 3 heteroatoms. The molecule has 2 aromatic carbocycles. The van der Waals surface area contributed by atoms with Gasteiger partial charge in [-0.25, -0.2) is 9.37 Å². The van der Waals surface area contributed by atoms with E-state index in [1.165, 1.54) is 17.7 Å². The van der Waals surface area contributed by atoms with Gasteiger partial charge in [-0.05, 0) is 54.8 Å². The molecule has 1 aromatic heterocycles. The van der Waals surface area contributed by atoms with Crippen LogP contribution in [-0.4, -0.2) is 9.55 Å². The van der Waals surface area contributed by atoms with Crippen LogP contribution < -0.4 is 0 Å². The molecule has 0 atom stereocenters. The van der Waals surface area contributed by atoms with Crippen molar-refractivity contribution in [1.82, 2.24) is 9.55 Å². The zero-order valence-corrected chi connectivity index (χ0v) is 12.2. The average molecular weight is 280 g/mol. The van der Waals surface area contributed by atoms with Crippen molar-refractivity contribution in [2.24, 2.45) is 0 Å². The van der Waals surface area contributed by atoms with Crippen molar-refractivity contribution in [3.05, 3.63) is 71.8 Å². The van der Waals surface area contributed by atoms with Crippen molar-refractivity contribution >= 4 is 16.6 Å². The molecule has 0 fully saturated rings. The van der Waals surface area contributed by atoms with Gasteiger partial charge < -0.3 is 4.57 Å². The van der Waals surface area contributed by atoms with E-state index in [9.17, 15) is 4.39 Å². The van der Waals surface area contributed by atoms with E-state index < -0.39 is 0 Å². The molecule has 0 saturated carbocycles. The molecule has 3 aromatic rings. The van der Waals surface area contributed by atoms with Crippen LogP contribution in [0.2, 0.25) is 0 Å². The lowest BCUT2D eigenvalue weighted by molar-refractivity contribution is 0.626. The minimum atomic E-state index is -0.213. The molecule has 0 aliphatic heterocycles. The maximum atomic E-state index is 13.0. The number of imidazole rings is 1. The van der Waals surface area contributed by atoms with Crippen LogP contribution in [0.15, 0.2) is 49.3 Å². The second kappa shape index (κ2) is 5.17. The summed E-state index contributed by atoms with van der Waals surface area (Å²) in [6.45, 7) is 8.79. The zero-order valence-electron chi connectivity index (χ0n) is 12.2. The fourth-order valence-electron chi connectivity index (χ4n) is 2.58. The number of aryl methyl sites for hydroxylation is 1. The quantitative estimate of drug-likeness (QED) is 0.687. The Labute approximate surface area is 123 Å². The molecule has 1 heterocycles. The standard InChI is InChI=1S/C18H17FN2/c1-12(2)16-9-18-17(8-13(16)3)20-11-21(18)10-14-4-6-15(19)7-5-14/h4-9,11H,1,10H2,2-3H3. The smallest absolute Gasteiger partial charge is 0.123 e. The summed E-state index contributed by atoms with van der Waals surface area (Å²) in [7, 11) is 0. The summed E-state index contributed by atoms with van der Waals surface area (Å²) >= 11 is 0. The van der Waals surface area contributed by atoms with E-state index in [-0.39, 0.29) is 5.82 Å². The predicted molar refractivity (Wildman–Crippen MR) is 84.7 cm³/mol. The van der Waals surface area contributed by atoms with Crippen molar-refractivity contribution in [2.75, 3.05) is 0 Å². The fourth-order valence-corrected chi connectivity index (χ4v) is 2.58. The molecular formula is C18H17FN2. The lowest BCUT2D eigenvalue weighted by Gasteiger charge is -2.08. The van der Waals surface area contributed by atoms with Gasteiger partial charge in [0.25, 0.3) is 0 Å². The summed E-state index contributed by atoms with van der Waals surface area (Å²) < 4.78 is 15.1. The second-order valence-corrected chi connectivity index (χ2v) is 5.44. The largest absolute Gasteiger partial charge is 0.326 e. The number of allylic oxidation sites excluding steroid dienone is 1. The molecule has 0 saturated heterocycles. The van der Waals surface area contributed by atoms with Crippen LogP contribution in [0.1, 0.15) is 23.6 Å². The molecular weight excluding hydrogens is 263 g/mol. The third kappa shape index (κ3) is 2.59. The summed E-state index contributed by atoms with van der Waals surface area (Å²) in [6, 6.07) is 10.8. The number of rotatable bonds is 3. The Hall–Kier alpha value is -2.42. The molecule has 0 unspecified atom stereocenters. The van der Waals surface area contributed by atoms with E-state index in [0.29, 0.717) is 6.54 Å². The topological polar surface area (TPSA) is 17.8 Å². The van der Waals surface area contributed by atoms with Gasteiger partial charge in [0.15, 0.2) is 0 Å². The Bertz CT molecular complexity index is 813. The Morgan fingerprint density at radius 3 is 2.62 bits per heavy atom. The van der Waals surface area contributed by atoms with Gasteiger partial charge in [-0.15, -0.1) is 0 Å². The number of hydrogen-bond acceptors (Lipinski definition) is 1. The normalized spacial score (nSPS) is 11.0. The molecule has 0 radical (unpaired) electrons. The van der Waals surface area contributed by atoms with Crippen LogP contribution in [0.3, 0.4) is 0 Å². The van der Waals surface area contributed by atoms with Gasteiger partial charge in [0.1, 0.15) is 5.82 Å². The monoisotopic (exact) mass is 280 g/mol. The number of benzene rings is 2. The van der Waals surface area contributed by atoms with Crippen LogP contribution in [0.25, 0.3) is 16.6 Å². The first-order valence-corrected chi connectivity index (χ1v) is 6.90. The van der Waals surface area contributed by atoms with Crippen molar-refractivity contribution in [3.63, 3.8) is 0 Å². The van der Waals surface area contributed by atoms with Gasteiger partial charge >= 0.3 is 0 Å². The van der Waals surface area contributed by atoms with Crippen LogP contribution in [-0.2, 0) is 6.54 Å². The van der Waals surface area contributed by atoms with Gasteiger partial charge in [-0.1, -0.05) is 24.3 Å². The minimum Gasteiger partial charge on any atom is -0.326 e. The Morgan fingerprint density at radius 2 is 1.95 bits per heavy atom. The number of fused-ring (bicyclic) bond motifs is 1. The first-order chi connectivity index (χ1) is 10.0. The van der Waals surface area contributed by atoms with E-state index in [4.69, 9.17) is 0 Å². The molecule has 2 nitrogen and oxygen atoms in total.